The van der Waals surface area contributed by atoms with Gasteiger partial charge in [0.1, 0.15) is 0 Å². The van der Waals surface area contributed by atoms with Gasteiger partial charge in [-0.15, -0.1) is 0 Å². The normalized spacial score (nSPS) is 23.0. The number of rotatable bonds is 4. The van der Waals surface area contributed by atoms with Gasteiger partial charge in [-0.05, 0) is 25.0 Å². The number of benzene rings is 1. The summed E-state index contributed by atoms with van der Waals surface area (Å²) in [7, 11) is -2.70. The molecule has 0 aromatic heterocycles. The third-order valence-corrected chi connectivity index (χ3v) is 5.07. The van der Waals surface area contributed by atoms with Gasteiger partial charge in [-0.25, -0.2) is 17.5 Å². The fourth-order valence-electron chi connectivity index (χ4n) is 2.48. The molecular weight excluding hydrogens is 299 g/mol. The van der Waals surface area contributed by atoms with Crippen LogP contribution in [0.1, 0.15) is 25.7 Å². The lowest BCUT2D eigenvalue weighted by Crippen LogP contribution is -2.44. The highest BCUT2D eigenvalue weighted by Gasteiger charge is 2.29. The molecule has 1 fully saturated rings. The topological polar surface area (TPSA) is 102 Å². The Bertz CT molecular complexity index is 598. The molecule has 2 rings (SSSR count). The largest absolute Gasteiger partial charge is 0.492 e. The van der Waals surface area contributed by atoms with Gasteiger partial charge in [-0.2, -0.15) is 0 Å². The smallest absolute Gasteiger partial charge is 0.241 e. The molecule has 21 heavy (non-hydrogen) atoms. The highest BCUT2D eigenvalue weighted by molar-refractivity contribution is 7.89. The molecule has 0 spiro atoms. The number of hydrogen-bond donors (Lipinski definition) is 3. The van der Waals surface area contributed by atoms with Crippen molar-refractivity contribution < 1.29 is 22.7 Å². The molecule has 1 aromatic rings. The molecule has 6 nitrogen and oxygen atoms in total. The van der Waals surface area contributed by atoms with Crippen LogP contribution in [-0.2, 0) is 10.0 Å². The van der Waals surface area contributed by atoms with Gasteiger partial charge in [0, 0.05) is 6.04 Å². The summed E-state index contributed by atoms with van der Waals surface area (Å²) in [6, 6.07) is 1.43. The van der Waals surface area contributed by atoms with E-state index in [-0.39, 0.29) is 16.3 Å². The Morgan fingerprint density at radius 3 is 2.62 bits per heavy atom. The Morgan fingerprint density at radius 1 is 1.38 bits per heavy atom. The number of hydrogen-bond acceptors (Lipinski definition) is 5. The number of nitrogen functional groups attached to an aromatic ring is 1. The second-order valence-corrected chi connectivity index (χ2v) is 6.82. The van der Waals surface area contributed by atoms with Gasteiger partial charge in [0.2, 0.25) is 10.0 Å². The first-order valence-electron chi connectivity index (χ1n) is 6.68. The molecule has 0 saturated heterocycles. The van der Waals surface area contributed by atoms with Crippen molar-refractivity contribution in [3.8, 4) is 5.75 Å². The molecule has 2 atom stereocenters. The molecule has 1 saturated carbocycles. The number of anilines is 1. The zero-order chi connectivity index (χ0) is 15.6. The number of halogens is 1. The van der Waals surface area contributed by atoms with E-state index in [1.807, 2.05) is 0 Å². The summed E-state index contributed by atoms with van der Waals surface area (Å²) >= 11 is 0. The lowest BCUT2D eigenvalue weighted by molar-refractivity contribution is 0.101. The monoisotopic (exact) mass is 318 g/mol. The quantitative estimate of drug-likeness (QED) is 0.719. The average Bonchev–Trinajstić information content (AvgIpc) is 2.41. The highest BCUT2D eigenvalue weighted by Crippen LogP contribution is 2.29. The molecule has 0 heterocycles. The van der Waals surface area contributed by atoms with Gasteiger partial charge in [-0.1, -0.05) is 12.8 Å². The van der Waals surface area contributed by atoms with Crippen LogP contribution in [0.5, 0.6) is 5.75 Å². The van der Waals surface area contributed by atoms with Gasteiger partial charge in [0.25, 0.3) is 0 Å². The number of nitrogens with two attached hydrogens (primary N) is 1. The van der Waals surface area contributed by atoms with E-state index in [2.05, 4.69) is 4.72 Å². The molecule has 2 unspecified atom stereocenters. The van der Waals surface area contributed by atoms with Gasteiger partial charge in [-0.3, -0.25) is 0 Å². The predicted octanol–water partition coefficient (Wildman–Crippen LogP) is 0.998. The summed E-state index contributed by atoms with van der Waals surface area (Å²) in [6.07, 6.45) is 2.07. The van der Waals surface area contributed by atoms with Crippen LogP contribution in [0.2, 0.25) is 0 Å². The molecule has 1 aromatic carbocycles. The molecule has 0 amide bonds. The first-order chi connectivity index (χ1) is 9.85. The maximum absolute atomic E-state index is 13.8. The molecule has 0 bridgehead atoms. The molecule has 8 heteroatoms. The fourth-order valence-corrected chi connectivity index (χ4v) is 3.83. The molecule has 118 valence electrons. The summed E-state index contributed by atoms with van der Waals surface area (Å²) in [5.41, 5.74) is 5.49. The van der Waals surface area contributed by atoms with Crippen LogP contribution in [0, 0.1) is 5.82 Å². The Labute approximate surface area is 123 Å². The van der Waals surface area contributed by atoms with Crippen molar-refractivity contribution >= 4 is 15.7 Å². The van der Waals surface area contributed by atoms with Crippen molar-refractivity contribution in [3.05, 3.63) is 17.9 Å². The van der Waals surface area contributed by atoms with Crippen LogP contribution in [0.15, 0.2) is 17.0 Å². The standard InChI is InChI=1S/C13H19FN2O4S/c1-20-13-9(14)6-8(7-10(13)15)21(18,19)16-11-4-2-3-5-12(11)17/h6-7,11-12,16-17H,2-5,15H2,1H3. The Balaban J connectivity index is 2.27. The summed E-state index contributed by atoms with van der Waals surface area (Å²) in [5, 5.41) is 9.82. The summed E-state index contributed by atoms with van der Waals surface area (Å²) in [4.78, 5) is -0.281. The SMILES string of the molecule is COc1c(N)cc(S(=O)(=O)NC2CCCCC2O)cc1F. The second-order valence-electron chi connectivity index (χ2n) is 5.11. The lowest BCUT2D eigenvalue weighted by Gasteiger charge is -2.28. The summed E-state index contributed by atoms with van der Waals surface area (Å²) in [5.74, 6) is -1.03. The van der Waals surface area contributed by atoms with Crippen LogP contribution in [0.4, 0.5) is 10.1 Å². The van der Waals surface area contributed by atoms with Crippen molar-refractivity contribution in [2.24, 2.45) is 0 Å². The Hall–Kier alpha value is -1.38. The molecule has 0 radical (unpaired) electrons. The van der Waals surface area contributed by atoms with E-state index in [9.17, 15) is 17.9 Å². The van der Waals surface area contributed by atoms with E-state index in [0.29, 0.717) is 12.8 Å². The van der Waals surface area contributed by atoms with Gasteiger partial charge in [0.05, 0.1) is 23.8 Å². The van der Waals surface area contributed by atoms with Crippen LogP contribution < -0.4 is 15.2 Å². The van der Waals surface area contributed by atoms with E-state index in [0.717, 1.165) is 25.0 Å². The molecule has 1 aliphatic rings. The molecule has 4 N–H and O–H groups in total. The maximum Gasteiger partial charge on any atom is 0.241 e. The molecular formula is C13H19FN2O4S. The van der Waals surface area contributed by atoms with Crippen molar-refractivity contribution in [2.45, 2.75) is 42.7 Å². The minimum atomic E-state index is -3.95. The number of sulfonamides is 1. The number of aliphatic hydroxyl groups excluding tert-OH is 1. The lowest BCUT2D eigenvalue weighted by atomic mass is 9.93. The summed E-state index contributed by atoms with van der Waals surface area (Å²) < 4.78 is 45.4. The van der Waals surface area contributed by atoms with Crippen molar-refractivity contribution in [1.29, 1.82) is 0 Å². The first kappa shape index (κ1) is 16.0. The Morgan fingerprint density at radius 2 is 2.05 bits per heavy atom. The maximum atomic E-state index is 13.8. The molecule has 1 aliphatic carbocycles. The number of aliphatic hydroxyl groups is 1. The summed E-state index contributed by atoms with van der Waals surface area (Å²) in [6.45, 7) is 0. The zero-order valence-electron chi connectivity index (χ0n) is 11.7. The van der Waals surface area contributed by atoms with Crippen molar-refractivity contribution in [3.63, 3.8) is 0 Å². The first-order valence-corrected chi connectivity index (χ1v) is 8.17. The van der Waals surface area contributed by atoms with E-state index in [1.165, 1.54) is 7.11 Å². The van der Waals surface area contributed by atoms with Gasteiger partial charge >= 0.3 is 0 Å². The zero-order valence-corrected chi connectivity index (χ0v) is 12.5. The number of nitrogens with one attached hydrogen (secondary N) is 1. The van der Waals surface area contributed by atoms with E-state index >= 15 is 0 Å². The van der Waals surface area contributed by atoms with Gasteiger partial charge < -0.3 is 15.6 Å². The van der Waals surface area contributed by atoms with Crippen LogP contribution in [0.3, 0.4) is 0 Å². The molecule has 0 aliphatic heterocycles. The fraction of sp³-hybridized carbons (Fsp3) is 0.538. The minimum absolute atomic E-state index is 0.0953. The third kappa shape index (κ3) is 3.45. The Kier molecular flexibility index (Phi) is 4.70. The average molecular weight is 318 g/mol. The number of methoxy groups -OCH3 is 1. The highest BCUT2D eigenvalue weighted by atomic mass is 32.2. The van der Waals surface area contributed by atoms with Crippen LogP contribution in [0.25, 0.3) is 0 Å². The van der Waals surface area contributed by atoms with Crippen LogP contribution >= 0.6 is 0 Å². The predicted molar refractivity (Wildman–Crippen MR) is 75.9 cm³/mol. The van der Waals surface area contributed by atoms with Gasteiger partial charge in [0.15, 0.2) is 11.6 Å². The van der Waals surface area contributed by atoms with E-state index in [1.54, 1.807) is 0 Å². The van der Waals surface area contributed by atoms with E-state index < -0.39 is 28.0 Å². The minimum Gasteiger partial charge on any atom is -0.492 e. The van der Waals surface area contributed by atoms with Crippen LogP contribution in [-0.4, -0.2) is 32.8 Å². The van der Waals surface area contributed by atoms with E-state index in [4.69, 9.17) is 10.5 Å². The number of ether oxygens (including phenoxy) is 1. The second kappa shape index (κ2) is 6.17. The van der Waals surface area contributed by atoms with Crippen molar-refractivity contribution in [1.82, 2.24) is 4.72 Å². The van der Waals surface area contributed by atoms with Crippen molar-refractivity contribution in [2.75, 3.05) is 12.8 Å². The third-order valence-electron chi connectivity index (χ3n) is 3.60.